The predicted octanol–water partition coefficient (Wildman–Crippen LogP) is 0.716. The van der Waals surface area contributed by atoms with Crippen molar-refractivity contribution in [2.45, 2.75) is 11.7 Å². The molecule has 1 unspecified atom stereocenters. The highest BCUT2D eigenvalue weighted by molar-refractivity contribution is 8.00. The highest BCUT2D eigenvalue weighted by Gasteiger charge is 2.39. The molecule has 2 rings (SSSR count). The Labute approximate surface area is 109 Å². The number of phenolic OH excluding ortho intramolecular Hbond substituents is 1. The van der Waals surface area contributed by atoms with E-state index < -0.39 is 0 Å². The van der Waals surface area contributed by atoms with E-state index >= 15 is 0 Å². The second-order valence-electron chi connectivity index (χ2n) is 3.94. The summed E-state index contributed by atoms with van der Waals surface area (Å²) >= 11 is 1.40. The van der Waals surface area contributed by atoms with Crippen molar-refractivity contribution in [2.24, 2.45) is 5.73 Å². The average molecular weight is 266 g/mol. The van der Waals surface area contributed by atoms with Crippen LogP contribution in [0, 0.1) is 0 Å². The second-order valence-corrected chi connectivity index (χ2v) is 5.25. The van der Waals surface area contributed by atoms with Crippen LogP contribution in [0.4, 0.5) is 5.69 Å². The van der Waals surface area contributed by atoms with Crippen LogP contribution in [0.1, 0.15) is 6.42 Å². The summed E-state index contributed by atoms with van der Waals surface area (Å²) in [4.78, 5) is 25.1. The third-order valence-corrected chi connectivity index (χ3v) is 3.87. The van der Waals surface area contributed by atoms with Gasteiger partial charge in [0.1, 0.15) is 5.75 Å². The van der Waals surface area contributed by atoms with Gasteiger partial charge in [-0.15, -0.1) is 11.8 Å². The molecule has 2 amide bonds. The average Bonchev–Trinajstić information content (AvgIpc) is 2.62. The summed E-state index contributed by atoms with van der Waals surface area (Å²) in [6.45, 7) is 0.481. The first-order chi connectivity index (χ1) is 8.63. The summed E-state index contributed by atoms with van der Waals surface area (Å²) in [6.07, 6.45) is 0.194. The third-order valence-electron chi connectivity index (χ3n) is 2.63. The van der Waals surface area contributed by atoms with Gasteiger partial charge in [0.2, 0.25) is 11.8 Å². The first kappa shape index (κ1) is 12.9. The number of hydrogen-bond donors (Lipinski definition) is 2. The Kier molecular flexibility index (Phi) is 3.88. The number of aromatic hydroxyl groups is 1. The maximum Gasteiger partial charge on any atom is 0.247 e. The molecule has 18 heavy (non-hydrogen) atoms. The molecule has 0 aliphatic carbocycles. The van der Waals surface area contributed by atoms with E-state index in [0.29, 0.717) is 18.0 Å². The number of carbonyl (C=O) groups excluding carboxylic acids is 2. The molecule has 1 aromatic rings. The maximum atomic E-state index is 12.1. The molecule has 0 radical (unpaired) electrons. The lowest BCUT2D eigenvalue weighted by molar-refractivity contribution is -0.121. The normalized spacial score (nSPS) is 19.6. The Bertz CT molecular complexity index is 478. The minimum absolute atomic E-state index is 0.0335. The van der Waals surface area contributed by atoms with Crippen LogP contribution in [0.3, 0.4) is 0 Å². The monoisotopic (exact) mass is 266 g/mol. The van der Waals surface area contributed by atoms with Crippen LogP contribution in [-0.2, 0) is 9.59 Å². The summed E-state index contributed by atoms with van der Waals surface area (Å²) in [5.41, 5.74) is 5.81. The number of phenols is 1. The Morgan fingerprint density at radius 3 is 2.89 bits per heavy atom. The molecule has 1 heterocycles. The number of amides is 2. The minimum atomic E-state index is -0.358. The van der Waals surface area contributed by atoms with Crippen molar-refractivity contribution < 1.29 is 14.7 Å². The highest BCUT2D eigenvalue weighted by Crippen LogP contribution is 2.30. The fraction of sp³-hybridized carbons (Fsp3) is 0.333. The van der Waals surface area contributed by atoms with Gasteiger partial charge in [0, 0.05) is 24.8 Å². The van der Waals surface area contributed by atoms with Crippen LogP contribution in [0.5, 0.6) is 5.75 Å². The second kappa shape index (κ2) is 5.41. The molecule has 0 aromatic heterocycles. The van der Waals surface area contributed by atoms with Crippen molar-refractivity contribution in [3.8, 4) is 5.75 Å². The van der Waals surface area contributed by atoms with Crippen LogP contribution in [0.15, 0.2) is 24.3 Å². The van der Waals surface area contributed by atoms with E-state index in [2.05, 4.69) is 0 Å². The van der Waals surface area contributed by atoms with Crippen molar-refractivity contribution >= 4 is 29.3 Å². The number of nitrogens with zero attached hydrogens (tertiary/aromatic N) is 1. The number of thioether (sulfide) groups is 1. The lowest BCUT2D eigenvalue weighted by Crippen LogP contribution is -2.31. The molecule has 6 heteroatoms. The van der Waals surface area contributed by atoms with E-state index in [1.807, 2.05) is 0 Å². The minimum Gasteiger partial charge on any atom is -0.508 e. The molecule has 1 fully saturated rings. The van der Waals surface area contributed by atoms with Crippen molar-refractivity contribution in [1.82, 2.24) is 0 Å². The fourth-order valence-electron chi connectivity index (χ4n) is 1.85. The van der Waals surface area contributed by atoms with Gasteiger partial charge in [-0.05, 0) is 12.1 Å². The van der Waals surface area contributed by atoms with Gasteiger partial charge < -0.3 is 10.8 Å². The van der Waals surface area contributed by atoms with E-state index in [1.165, 1.54) is 23.9 Å². The zero-order valence-electron chi connectivity index (χ0n) is 9.70. The Balaban J connectivity index is 2.19. The van der Waals surface area contributed by atoms with Crippen LogP contribution in [-0.4, -0.2) is 34.5 Å². The van der Waals surface area contributed by atoms with Gasteiger partial charge in [-0.2, -0.15) is 0 Å². The van der Waals surface area contributed by atoms with Gasteiger partial charge in [-0.25, -0.2) is 4.90 Å². The summed E-state index contributed by atoms with van der Waals surface area (Å²) in [6, 6.07) is 6.14. The number of hydrogen-bond acceptors (Lipinski definition) is 5. The molecule has 0 saturated carbocycles. The van der Waals surface area contributed by atoms with Crippen molar-refractivity contribution in [3.63, 3.8) is 0 Å². The molecular weight excluding hydrogens is 252 g/mol. The van der Waals surface area contributed by atoms with Crippen LogP contribution in [0.2, 0.25) is 0 Å². The van der Waals surface area contributed by atoms with E-state index in [-0.39, 0.29) is 29.2 Å². The predicted molar refractivity (Wildman–Crippen MR) is 70.5 cm³/mol. The smallest absolute Gasteiger partial charge is 0.247 e. The molecule has 1 atom stereocenters. The van der Waals surface area contributed by atoms with Gasteiger partial charge in [-0.1, -0.05) is 6.07 Å². The first-order valence-electron chi connectivity index (χ1n) is 5.61. The Morgan fingerprint density at radius 1 is 1.44 bits per heavy atom. The third kappa shape index (κ3) is 2.49. The summed E-state index contributed by atoms with van der Waals surface area (Å²) in [5, 5.41) is 9.02. The first-order valence-corrected chi connectivity index (χ1v) is 6.66. The van der Waals surface area contributed by atoms with Crippen molar-refractivity contribution in [1.29, 1.82) is 0 Å². The van der Waals surface area contributed by atoms with Gasteiger partial charge >= 0.3 is 0 Å². The van der Waals surface area contributed by atoms with E-state index in [9.17, 15) is 14.7 Å². The maximum absolute atomic E-state index is 12.1. The lowest BCUT2D eigenvalue weighted by atomic mass is 10.3. The van der Waals surface area contributed by atoms with Gasteiger partial charge in [-0.3, -0.25) is 9.59 Å². The Morgan fingerprint density at radius 2 is 2.22 bits per heavy atom. The van der Waals surface area contributed by atoms with Crippen LogP contribution >= 0.6 is 11.8 Å². The number of nitrogens with two attached hydrogens (primary N) is 1. The quantitative estimate of drug-likeness (QED) is 0.784. The molecule has 1 aliphatic heterocycles. The molecule has 1 saturated heterocycles. The summed E-state index contributed by atoms with van der Waals surface area (Å²) < 4.78 is 0. The van der Waals surface area contributed by atoms with Crippen molar-refractivity contribution in [2.75, 3.05) is 17.2 Å². The number of carbonyl (C=O) groups is 2. The molecule has 5 nitrogen and oxygen atoms in total. The number of imide groups is 1. The van der Waals surface area contributed by atoms with E-state index in [4.69, 9.17) is 5.73 Å². The molecule has 3 N–H and O–H groups in total. The van der Waals surface area contributed by atoms with Gasteiger partial charge in [0.25, 0.3) is 0 Å². The summed E-state index contributed by atoms with van der Waals surface area (Å²) in [5.74, 6) is 0.215. The molecule has 1 aromatic carbocycles. The topological polar surface area (TPSA) is 83.6 Å². The lowest BCUT2D eigenvalue weighted by Gasteiger charge is -2.14. The van der Waals surface area contributed by atoms with E-state index in [0.717, 1.165) is 4.90 Å². The highest BCUT2D eigenvalue weighted by atomic mass is 32.2. The van der Waals surface area contributed by atoms with Gasteiger partial charge in [0.15, 0.2) is 0 Å². The molecular formula is C12H14N2O3S. The molecule has 96 valence electrons. The van der Waals surface area contributed by atoms with Crippen LogP contribution in [0.25, 0.3) is 0 Å². The number of rotatable bonds is 4. The molecule has 0 bridgehead atoms. The zero-order chi connectivity index (χ0) is 13.1. The largest absolute Gasteiger partial charge is 0.508 e. The summed E-state index contributed by atoms with van der Waals surface area (Å²) in [7, 11) is 0. The number of benzene rings is 1. The molecule has 1 aliphatic rings. The Hall–Kier alpha value is -1.53. The van der Waals surface area contributed by atoms with E-state index in [1.54, 1.807) is 12.1 Å². The SMILES string of the molecule is NCCSC1CC(=O)N(c2cccc(O)c2)C1=O. The number of anilines is 1. The zero-order valence-corrected chi connectivity index (χ0v) is 10.5. The standard InChI is InChI=1S/C12H14N2O3S/c13-4-5-18-10-7-11(16)14(12(10)17)8-2-1-3-9(15)6-8/h1-3,6,10,15H,4-5,7,13H2. The van der Waals surface area contributed by atoms with Crippen molar-refractivity contribution in [3.05, 3.63) is 24.3 Å². The van der Waals surface area contributed by atoms with Crippen LogP contribution < -0.4 is 10.6 Å². The van der Waals surface area contributed by atoms with Gasteiger partial charge in [0.05, 0.1) is 10.9 Å². The fourth-order valence-corrected chi connectivity index (χ4v) is 2.78. The molecule has 0 spiro atoms.